The summed E-state index contributed by atoms with van der Waals surface area (Å²) in [5, 5.41) is 3.54. The number of nitrogens with one attached hydrogen (secondary N) is 1. The topological polar surface area (TPSA) is 58.6 Å². The number of amides is 1. The maximum Gasteiger partial charge on any atom is 0.238 e. The van der Waals surface area contributed by atoms with Crippen molar-refractivity contribution in [1.82, 2.24) is 4.90 Å². The predicted molar refractivity (Wildman–Crippen MR) is 96.3 cm³/mol. The molecule has 2 heterocycles. The minimum atomic E-state index is -0.122. The van der Waals surface area contributed by atoms with Gasteiger partial charge in [-0.25, -0.2) is 0 Å². The molecule has 0 fully saturated rings. The zero-order chi connectivity index (χ0) is 17.6. The molecule has 0 aliphatic heterocycles. The first-order chi connectivity index (χ1) is 12.1. The smallest absolute Gasteiger partial charge is 0.238 e. The Morgan fingerprint density at radius 3 is 2.24 bits per heavy atom. The quantitative estimate of drug-likeness (QED) is 0.676. The molecule has 0 unspecified atom stereocenters. The molecule has 0 saturated carbocycles. The van der Waals surface area contributed by atoms with E-state index in [1.807, 2.05) is 48.2 Å². The summed E-state index contributed by atoms with van der Waals surface area (Å²) in [6.45, 7) is 3.10. The Balaban J connectivity index is 1.68. The molecule has 25 heavy (non-hydrogen) atoms. The number of halogens is 1. The van der Waals surface area contributed by atoms with Gasteiger partial charge in [0.15, 0.2) is 0 Å². The van der Waals surface area contributed by atoms with Crippen molar-refractivity contribution in [3.63, 3.8) is 0 Å². The van der Waals surface area contributed by atoms with Gasteiger partial charge < -0.3 is 14.2 Å². The SMILES string of the molecule is Cc1c(Cl)cccc1NC(=O)CN(Cc1ccco1)Cc1ccco1. The normalized spacial score (nSPS) is 11.0. The van der Waals surface area contributed by atoms with Crippen LogP contribution >= 0.6 is 11.6 Å². The molecule has 0 bridgehead atoms. The molecule has 130 valence electrons. The highest BCUT2D eigenvalue weighted by atomic mass is 35.5. The first kappa shape index (κ1) is 17.3. The third kappa shape index (κ3) is 4.75. The highest BCUT2D eigenvalue weighted by Crippen LogP contribution is 2.23. The average Bonchev–Trinajstić information content (AvgIpc) is 3.26. The molecular formula is C19H19ClN2O3. The van der Waals surface area contributed by atoms with Crippen molar-refractivity contribution in [2.45, 2.75) is 20.0 Å². The van der Waals surface area contributed by atoms with Crippen molar-refractivity contribution in [2.24, 2.45) is 0 Å². The van der Waals surface area contributed by atoms with E-state index in [0.29, 0.717) is 23.8 Å². The molecule has 1 aromatic carbocycles. The van der Waals surface area contributed by atoms with E-state index < -0.39 is 0 Å². The molecule has 5 nitrogen and oxygen atoms in total. The van der Waals surface area contributed by atoms with Crippen LogP contribution in [0.1, 0.15) is 17.1 Å². The lowest BCUT2D eigenvalue weighted by molar-refractivity contribution is -0.117. The Bertz CT molecular complexity index is 777. The lowest BCUT2D eigenvalue weighted by atomic mass is 10.2. The van der Waals surface area contributed by atoms with Crippen LogP contribution in [0.4, 0.5) is 5.69 Å². The number of benzene rings is 1. The molecule has 1 N–H and O–H groups in total. The Kier molecular flexibility index (Phi) is 5.58. The van der Waals surface area contributed by atoms with E-state index in [0.717, 1.165) is 17.1 Å². The van der Waals surface area contributed by atoms with Crippen LogP contribution < -0.4 is 5.32 Å². The van der Waals surface area contributed by atoms with E-state index in [1.54, 1.807) is 18.6 Å². The van der Waals surface area contributed by atoms with Crippen molar-refractivity contribution in [3.05, 3.63) is 77.1 Å². The van der Waals surface area contributed by atoms with Crippen molar-refractivity contribution >= 4 is 23.2 Å². The van der Waals surface area contributed by atoms with Crippen LogP contribution in [0, 0.1) is 6.92 Å². The van der Waals surface area contributed by atoms with E-state index in [4.69, 9.17) is 20.4 Å². The van der Waals surface area contributed by atoms with Crippen LogP contribution in [-0.4, -0.2) is 17.4 Å². The van der Waals surface area contributed by atoms with Crippen molar-refractivity contribution in [3.8, 4) is 0 Å². The van der Waals surface area contributed by atoms with E-state index in [1.165, 1.54) is 0 Å². The lowest BCUT2D eigenvalue weighted by Gasteiger charge is -2.20. The molecule has 2 aromatic heterocycles. The first-order valence-corrected chi connectivity index (χ1v) is 8.31. The third-order valence-corrected chi connectivity index (χ3v) is 4.24. The Hall–Kier alpha value is -2.50. The number of rotatable bonds is 7. The number of nitrogens with zero attached hydrogens (tertiary/aromatic N) is 1. The molecule has 3 rings (SSSR count). The fourth-order valence-electron chi connectivity index (χ4n) is 2.55. The zero-order valence-corrected chi connectivity index (χ0v) is 14.6. The largest absolute Gasteiger partial charge is 0.468 e. The average molecular weight is 359 g/mol. The minimum absolute atomic E-state index is 0.122. The van der Waals surface area contributed by atoms with Gasteiger partial charge in [0.1, 0.15) is 11.5 Å². The Labute approximate surface area is 151 Å². The van der Waals surface area contributed by atoms with E-state index in [-0.39, 0.29) is 12.5 Å². The van der Waals surface area contributed by atoms with Crippen LogP contribution in [-0.2, 0) is 17.9 Å². The summed E-state index contributed by atoms with van der Waals surface area (Å²) in [5.41, 5.74) is 1.56. The Morgan fingerprint density at radius 2 is 1.68 bits per heavy atom. The third-order valence-electron chi connectivity index (χ3n) is 3.83. The molecule has 0 atom stereocenters. The van der Waals surface area contributed by atoms with Crippen molar-refractivity contribution in [1.29, 1.82) is 0 Å². The highest BCUT2D eigenvalue weighted by Gasteiger charge is 2.15. The van der Waals surface area contributed by atoms with Crippen LogP contribution in [0.2, 0.25) is 5.02 Å². The van der Waals surface area contributed by atoms with E-state index >= 15 is 0 Å². The second kappa shape index (κ2) is 8.05. The Morgan fingerprint density at radius 1 is 1.04 bits per heavy atom. The fourth-order valence-corrected chi connectivity index (χ4v) is 2.72. The van der Waals surface area contributed by atoms with Gasteiger partial charge >= 0.3 is 0 Å². The van der Waals surface area contributed by atoms with Gasteiger partial charge in [-0.1, -0.05) is 17.7 Å². The summed E-state index contributed by atoms with van der Waals surface area (Å²) in [4.78, 5) is 14.4. The highest BCUT2D eigenvalue weighted by molar-refractivity contribution is 6.31. The lowest BCUT2D eigenvalue weighted by Crippen LogP contribution is -2.32. The molecule has 0 aliphatic rings. The van der Waals surface area contributed by atoms with Gasteiger partial charge in [-0.15, -0.1) is 0 Å². The number of carbonyl (C=O) groups is 1. The van der Waals surface area contributed by atoms with Crippen LogP contribution in [0.3, 0.4) is 0 Å². The summed E-state index contributed by atoms with van der Waals surface area (Å²) in [6.07, 6.45) is 3.24. The van der Waals surface area contributed by atoms with E-state index in [9.17, 15) is 4.79 Å². The van der Waals surface area contributed by atoms with Gasteiger partial charge in [0.25, 0.3) is 0 Å². The summed E-state index contributed by atoms with van der Waals surface area (Å²) in [6, 6.07) is 12.9. The van der Waals surface area contributed by atoms with Crippen LogP contribution in [0.25, 0.3) is 0 Å². The van der Waals surface area contributed by atoms with Crippen molar-refractivity contribution < 1.29 is 13.6 Å². The van der Waals surface area contributed by atoms with Gasteiger partial charge in [-0.2, -0.15) is 0 Å². The van der Waals surface area contributed by atoms with Crippen LogP contribution in [0.5, 0.6) is 0 Å². The van der Waals surface area contributed by atoms with Gasteiger partial charge in [0.2, 0.25) is 5.91 Å². The second-order valence-corrected chi connectivity index (χ2v) is 6.17. The summed E-state index contributed by atoms with van der Waals surface area (Å²) in [5.74, 6) is 1.46. The molecule has 0 radical (unpaired) electrons. The molecule has 3 aromatic rings. The number of furan rings is 2. The minimum Gasteiger partial charge on any atom is -0.468 e. The van der Waals surface area contributed by atoms with Gasteiger partial charge in [0.05, 0.1) is 32.2 Å². The predicted octanol–water partition coefficient (Wildman–Crippen LogP) is 4.48. The fraction of sp³-hybridized carbons (Fsp3) is 0.211. The first-order valence-electron chi connectivity index (χ1n) is 7.94. The number of carbonyl (C=O) groups excluding carboxylic acids is 1. The number of hydrogen-bond donors (Lipinski definition) is 1. The van der Waals surface area contributed by atoms with Gasteiger partial charge in [-0.05, 0) is 48.9 Å². The zero-order valence-electron chi connectivity index (χ0n) is 13.9. The maximum atomic E-state index is 12.5. The molecule has 1 amide bonds. The van der Waals surface area contributed by atoms with E-state index in [2.05, 4.69) is 5.32 Å². The van der Waals surface area contributed by atoms with Gasteiger partial charge in [0, 0.05) is 10.7 Å². The van der Waals surface area contributed by atoms with Crippen molar-refractivity contribution in [2.75, 3.05) is 11.9 Å². The van der Waals surface area contributed by atoms with Gasteiger partial charge in [-0.3, -0.25) is 9.69 Å². The summed E-state index contributed by atoms with van der Waals surface area (Å²) >= 11 is 6.11. The van der Waals surface area contributed by atoms with Crippen LogP contribution in [0.15, 0.2) is 63.8 Å². The summed E-state index contributed by atoms with van der Waals surface area (Å²) < 4.78 is 10.8. The molecule has 0 spiro atoms. The standard InChI is InChI=1S/C19H19ClN2O3/c1-14-17(20)7-2-8-18(14)21-19(23)13-22(11-15-5-3-9-24-15)12-16-6-4-10-25-16/h2-10H,11-13H2,1H3,(H,21,23). The second-order valence-electron chi connectivity index (χ2n) is 5.76. The summed E-state index contributed by atoms with van der Waals surface area (Å²) in [7, 11) is 0. The number of anilines is 1. The molecule has 0 saturated heterocycles. The number of hydrogen-bond acceptors (Lipinski definition) is 4. The monoisotopic (exact) mass is 358 g/mol. The molecule has 0 aliphatic carbocycles. The molecule has 6 heteroatoms. The molecular weight excluding hydrogens is 340 g/mol. The maximum absolute atomic E-state index is 12.5.